The Labute approximate surface area is 180 Å². The van der Waals surface area contributed by atoms with Gasteiger partial charge in [-0.15, -0.1) is 0 Å². The molecule has 8 heteroatoms. The molecular formula is C23H28F3NO4. The number of benzene rings is 2. The van der Waals surface area contributed by atoms with Crippen molar-refractivity contribution in [3.63, 3.8) is 0 Å². The molecule has 0 amide bonds. The molecular weight excluding hydrogens is 411 g/mol. The predicted octanol–water partition coefficient (Wildman–Crippen LogP) is 5.69. The van der Waals surface area contributed by atoms with Crippen LogP contribution in [0.25, 0.3) is 0 Å². The molecule has 5 nitrogen and oxygen atoms in total. The zero-order valence-corrected chi connectivity index (χ0v) is 17.7. The summed E-state index contributed by atoms with van der Waals surface area (Å²) in [6.07, 6.45) is -3.39. The van der Waals surface area contributed by atoms with Crippen molar-refractivity contribution in [2.75, 3.05) is 38.4 Å². The van der Waals surface area contributed by atoms with E-state index in [2.05, 4.69) is 19.2 Å². The lowest BCUT2D eigenvalue weighted by Gasteiger charge is -2.14. The lowest BCUT2D eigenvalue weighted by atomic mass is 10.1. The van der Waals surface area contributed by atoms with E-state index >= 15 is 0 Å². The van der Waals surface area contributed by atoms with E-state index in [0.717, 1.165) is 18.6 Å². The highest BCUT2D eigenvalue weighted by Gasteiger charge is 2.30. The summed E-state index contributed by atoms with van der Waals surface area (Å²) < 4.78 is 54.8. The molecule has 0 aliphatic carbocycles. The molecule has 0 saturated heterocycles. The Morgan fingerprint density at radius 1 is 1.00 bits per heavy atom. The molecule has 2 rings (SSSR count). The Morgan fingerprint density at radius 3 is 2.45 bits per heavy atom. The standard InChI is InChI=1S/C23H28F3NO4/c1-3-17(2)16-30-12-11-29-13-14-31-22(28)20-9-4-5-10-21(20)27-19-8-6-7-18(15-19)23(24,25)26/h4-10,15,17,27H,3,11-14,16H2,1-2H3. The monoisotopic (exact) mass is 439 g/mol. The van der Waals surface area contributed by atoms with Gasteiger partial charge in [-0.25, -0.2) is 4.79 Å². The SMILES string of the molecule is CCC(C)COCCOCCOC(=O)c1ccccc1Nc1cccc(C(F)(F)F)c1. The lowest BCUT2D eigenvalue weighted by Crippen LogP contribution is -2.15. The van der Waals surface area contributed by atoms with Crippen LogP contribution in [0.4, 0.5) is 24.5 Å². The minimum absolute atomic E-state index is 0.0576. The second-order valence-electron chi connectivity index (χ2n) is 7.09. The molecule has 2 aromatic rings. The van der Waals surface area contributed by atoms with E-state index < -0.39 is 17.7 Å². The molecule has 2 aromatic carbocycles. The molecule has 0 aliphatic rings. The van der Waals surface area contributed by atoms with Gasteiger partial charge in [-0.3, -0.25) is 0 Å². The minimum Gasteiger partial charge on any atom is -0.460 e. The number of carbonyl (C=O) groups excluding carboxylic acids is 1. The van der Waals surface area contributed by atoms with E-state index in [1.54, 1.807) is 24.3 Å². The number of esters is 1. The summed E-state index contributed by atoms with van der Waals surface area (Å²) in [7, 11) is 0. The number of halogens is 3. The molecule has 170 valence electrons. The van der Waals surface area contributed by atoms with E-state index in [1.165, 1.54) is 12.1 Å². The first-order valence-corrected chi connectivity index (χ1v) is 10.2. The third-order valence-corrected chi connectivity index (χ3v) is 4.55. The topological polar surface area (TPSA) is 56.8 Å². The van der Waals surface area contributed by atoms with Gasteiger partial charge < -0.3 is 19.5 Å². The highest BCUT2D eigenvalue weighted by atomic mass is 19.4. The fourth-order valence-corrected chi connectivity index (χ4v) is 2.59. The highest BCUT2D eigenvalue weighted by molar-refractivity contribution is 5.96. The van der Waals surface area contributed by atoms with Crippen LogP contribution in [0.3, 0.4) is 0 Å². The van der Waals surface area contributed by atoms with Gasteiger partial charge in [0.2, 0.25) is 0 Å². The molecule has 0 heterocycles. The first kappa shape index (κ1) is 24.7. The number of rotatable bonds is 12. The fourth-order valence-electron chi connectivity index (χ4n) is 2.59. The normalized spacial score (nSPS) is 12.4. The van der Waals surface area contributed by atoms with Gasteiger partial charge in [-0.05, 0) is 36.2 Å². The second-order valence-corrected chi connectivity index (χ2v) is 7.09. The van der Waals surface area contributed by atoms with Crippen molar-refractivity contribution in [3.8, 4) is 0 Å². The van der Waals surface area contributed by atoms with E-state index in [4.69, 9.17) is 14.2 Å². The zero-order chi connectivity index (χ0) is 22.7. The summed E-state index contributed by atoms with van der Waals surface area (Å²) >= 11 is 0. The van der Waals surface area contributed by atoms with E-state index in [1.807, 2.05) is 0 Å². The van der Waals surface area contributed by atoms with Crippen molar-refractivity contribution in [1.29, 1.82) is 0 Å². The lowest BCUT2D eigenvalue weighted by molar-refractivity contribution is -0.137. The van der Waals surface area contributed by atoms with Gasteiger partial charge in [0, 0.05) is 12.3 Å². The van der Waals surface area contributed by atoms with Gasteiger partial charge in [-0.2, -0.15) is 13.2 Å². The van der Waals surface area contributed by atoms with Crippen molar-refractivity contribution < 1.29 is 32.2 Å². The molecule has 0 spiro atoms. The first-order chi connectivity index (χ1) is 14.8. The summed E-state index contributed by atoms with van der Waals surface area (Å²) in [5, 5.41) is 2.86. The number of nitrogens with one attached hydrogen (secondary N) is 1. The van der Waals surface area contributed by atoms with Crippen LogP contribution < -0.4 is 5.32 Å². The van der Waals surface area contributed by atoms with Crippen LogP contribution in [0.2, 0.25) is 0 Å². The number of ether oxygens (including phenoxy) is 3. The second kappa shape index (κ2) is 12.3. The number of hydrogen-bond donors (Lipinski definition) is 1. The van der Waals surface area contributed by atoms with Gasteiger partial charge >= 0.3 is 12.1 Å². The molecule has 0 bridgehead atoms. The van der Waals surface area contributed by atoms with Crippen LogP contribution in [-0.2, 0) is 20.4 Å². The number of carbonyl (C=O) groups is 1. The van der Waals surface area contributed by atoms with Gasteiger partial charge in [-0.1, -0.05) is 38.5 Å². The Balaban J connectivity index is 1.83. The largest absolute Gasteiger partial charge is 0.460 e. The third kappa shape index (κ3) is 8.59. The number of para-hydroxylation sites is 1. The number of hydrogen-bond acceptors (Lipinski definition) is 5. The molecule has 0 saturated carbocycles. The Kier molecular flexibility index (Phi) is 9.81. The van der Waals surface area contributed by atoms with Crippen molar-refractivity contribution >= 4 is 17.3 Å². The average molecular weight is 439 g/mol. The summed E-state index contributed by atoms with van der Waals surface area (Å²) in [6.45, 7) is 6.06. The van der Waals surface area contributed by atoms with Crippen molar-refractivity contribution in [3.05, 3.63) is 59.7 Å². The third-order valence-electron chi connectivity index (χ3n) is 4.55. The Bertz CT molecular complexity index is 826. The first-order valence-electron chi connectivity index (χ1n) is 10.2. The van der Waals surface area contributed by atoms with Crippen molar-refractivity contribution in [2.45, 2.75) is 26.4 Å². The molecule has 1 N–H and O–H groups in total. The molecule has 0 fully saturated rings. The van der Waals surface area contributed by atoms with E-state index in [-0.39, 0.29) is 24.5 Å². The van der Waals surface area contributed by atoms with Crippen molar-refractivity contribution in [2.24, 2.45) is 5.92 Å². The molecule has 0 aliphatic heterocycles. The number of alkyl halides is 3. The van der Waals surface area contributed by atoms with Crippen LogP contribution in [-0.4, -0.2) is 39.0 Å². The van der Waals surface area contributed by atoms with Gasteiger partial charge in [0.25, 0.3) is 0 Å². The quantitative estimate of drug-likeness (QED) is 0.340. The minimum atomic E-state index is -4.45. The van der Waals surface area contributed by atoms with Gasteiger partial charge in [0.05, 0.1) is 36.6 Å². The van der Waals surface area contributed by atoms with E-state index in [0.29, 0.717) is 31.4 Å². The highest BCUT2D eigenvalue weighted by Crippen LogP contribution is 2.32. The van der Waals surface area contributed by atoms with Crippen LogP contribution in [0.15, 0.2) is 48.5 Å². The van der Waals surface area contributed by atoms with Crippen LogP contribution in [0, 0.1) is 5.92 Å². The van der Waals surface area contributed by atoms with Crippen LogP contribution in [0.1, 0.15) is 36.2 Å². The maximum absolute atomic E-state index is 12.9. The van der Waals surface area contributed by atoms with Gasteiger partial charge in [0.15, 0.2) is 0 Å². The van der Waals surface area contributed by atoms with Crippen molar-refractivity contribution in [1.82, 2.24) is 0 Å². The number of anilines is 2. The molecule has 0 aromatic heterocycles. The predicted molar refractivity (Wildman–Crippen MR) is 113 cm³/mol. The Morgan fingerprint density at radius 2 is 1.71 bits per heavy atom. The zero-order valence-electron chi connectivity index (χ0n) is 17.7. The molecule has 1 atom stereocenters. The summed E-state index contributed by atoms with van der Waals surface area (Å²) in [5.41, 5.74) is 0.0154. The summed E-state index contributed by atoms with van der Waals surface area (Å²) in [4.78, 5) is 12.4. The molecule has 31 heavy (non-hydrogen) atoms. The molecule has 1 unspecified atom stereocenters. The Hall–Kier alpha value is -2.58. The average Bonchev–Trinajstić information content (AvgIpc) is 2.75. The summed E-state index contributed by atoms with van der Waals surface area (Å²) in [6, 6.07) is 11.2. The maximum atomic E-state index is 12.9. The summed E-state index contributed by atoms with van der Waals surface area (Å²) in [5.74, 6) is -0.0859. The maximum Gasteiger partial charge on any atom is 0.416 e. The van der Waals surface area contributed by atoms with Crippen LogP contribution >= 0.6 is 0 Å². The van der Waals surface area contributed by atoms with E-state index in [9.17, 15) is 18.0 Å². The van der Waals surface area contributed by atoms with Crippen LogP contribution in [0.5, 0.6) is 0 Å². The fraction of sp³-hybridized carbons (Fsp3) is 0.435. The van der Waals surface area contributed by atoms with Gasteiger partial charge in [0.1, 0.15) is 6.61 Å². The molecule has 0 radical (unpaired) electrons. The smallest absolute Gasteiger partial charge is 0.416 e.